The van der Waals surface area contributed by atoms with Crippen molar-refractivity contribution in [3.05, 3.63) is 46.6 Å². The molecular formula is C11H9BrFN3. The summed E-state index contributed by atoms with van der Waals surface area (Å²) < 4.78 is 13.8. The lowest BCUT2D eigenvalue weighted by atomic mass is 10.2. The Balaban J connectivity index is 2.31. The first kappa shape index (κ1) is 11.0. The number of anilines is 2. The molecule has 0 radical (unpaired) electrons. The number of nitrogens with one attached hydrogen (secondary N) is 1. The van der Waals surface area contributed by atoms with Gasteiger partial charge in [-0.25, -0.2) is 9.97 Å². The number of aryl methyl sites for hydroxylation is 1. The molecule has 1 heterocycles. The largest absolute Gasteiger partial charge is 0.339 e. The van der Waals surface area contributed by atoms with E-state index in [0.717, 1.165) is 15.7 Å². The van der Waals surface area contributed by atoms with Crippen LogP contribution >= 0.6 is 15.9 Å². The highest BCUT2D eigenvalue weighted by Crippen LogP contribution is 2.27. The predicted octanol–water partition coefficient (Wildman–Crippen LogP) is 3.43. The zero-order chi connectivity index (χ0) is 11.5. The molecule has 0 aliphatic carbocycles. The second-order valence-corrected chi connectivity index (χ2v) is 4.08. The first-order chi connectivity index (χ1) is 7.66. The lowest BCUT2D eigenvalue weighted by Gasteiger charge is -2.08. The van der Waals surface area contributed by atoms with E-state index in [4.69, 9.17) is 0 Å². The molecule has 82 valence electrons. The van der Waals surface area contributed by atoms with Crippen LogP contribution in [0.15, 0.2) is 35.1 Å². The van der Waals surface area contributed by atoms with Crippen LogP contribution in [0.25, 0.3) is 0 Å². The molecule has 5 heteroatoms. The number of halogens is 2. The highest BCUT2D eigenvalue weighted by molar-refractivity contribution is 9.10. The summed E-state index contributed by atoms with van der Waals surface area (Å²) in [5, 5.41) is 3.02. The second kappa shape index (κ2) is 4.57. The molecule has 0 fully saturated rings. The Kier molecular flexibility index (Phi) is 3.14. The molecule has 0 aliphatic rings. The highest BCUT2D eigenvalue weighted by Gasteiger charge is 2.04. The van der Waals surface area contributed by atoms with Crippen molar-refractivity contribution < 1.29 is 4.39 Å². The quantitative estimate of drug-likeness (QED) is 0.857. The number of hydrogen-bond donors (Lipinski definition) is 1. The monoisotopic (exact) mass is 281 g/mol. The van der Waals surface area contributed by atoms with Gasteiger partial charge in [0.25, 0.3) is 0 Å². The molecule has 0 atom stereocenters. The molecule has 0 saturated heterocycles. The maximum Gasteiger partial charge on any atom is 0.218 e. The Labute approximate surface area is 101 Å². The van der Waals surface area contributed by atoms with Crippen molar-refractivity contribution in [1.82, 2.24) is 9.97 Å². The van der Waals surface area contributed by atoms with Crippen molar-refractivity contribution in [3.63, 3.8) is 0 Å². The summed E-state index contributed by atoms with van der Waals surface area (Å²) in [6, 6.07) is 7.03. The number of nitrogens with zero attached hydrogens (tertiary/aromatic N) is 2. The maximum absolute atomic E-state index is 12.8. The second-order valence-electron chi connectivity index (χ2n) is 3.29. The van der Waals surface area contributed by atoms with E-state index in [1.165, 1.54) is 12.4 Å². The van der Waals surface area contributed by atoms with E-state index >= 15 is 0 Å². The zero-order valence-electron chi connectivity index (χ0n) is 8.54. The van der Waals surface area contributed by atoms with Gasteiger partial charge in [-0.2, -0.15) is 4.39 Å². The molecule has 1 aromatic heterocycles. The van der Waals surface area contributed by atoms with E-state index in [0.29, 0.717) is 5.82 Å². The molecular weight excluding hydrogens is 273 g/mol. The van der Waals surface area contributed by atoms with Gasteiger partial charge in [-0.3, -0.25) is 0 Å². The van der Waals surface area contributed by atoms with E-state index in [9.17, 15) is 4.39 Å². The molecule has 3 nitrogen and oxygen atoms in total. The summed E-state index contributed by atoms with van der Waals surface area (Å²) in [7, 11) is 0. The number of hydrogen-bond acceptors (Lipinski definition) is 3. The van der Waals surface area contributed by atoms with Crippen LogP contribution in [0.5, 0.6) is 0 Å². The van der Waals surface area contributed by atoms with Gasteiger partial charge in [0, 0.05) is 10.5 Å². The van der Waals surface area contributed by atoms with Gasteiger partial charge < -0.3 is 5.32 Å². The standard InChI is InChI=1S/C11H9BrFN3/c1-7-3-2-4-8(11(7)12)16-10-5-9(13)14-6-15-10/h2-6H,1H3,(H,14,15,16). The molecule has 0 unspecified atom stereocenters. The number of rotatable bonds is 2. The van der Waals surface area contributed by atoms with Crippen LogP contribution in [-0.2, 0) is 0 Å². The van der Waals surface area contributed by atoms with E-state index in [-0.39, 0.29) is 0 Å². The SMILES string of the molecule is Cc1cccc(Nc2cc(F)ncn2)c1Br. The molecule has 1 aromatic carbocycles. The normalized spacial score (nSPS) is 10.2. The molecule has 2 rings (SSSR count). The molecule has 0 saturated carbocycles. The molecule has 0 spiro atoms. The van der Waals surface area contributed by atoms with E-state index in [1.54, 1.807) is 0 Å². The molecule has 0 bridgehead atoms. The van der Waals surface area contributed by atoms with Gasteiger partial charge in [-0.1, -0.05) is 12.1 Å². The lowest BCUT2D eigenvalue weighted by Crippen LogP contribution is -1.97. The van der Waals surface area contributed by atoms with Crippen LogP contribution in [0.3, 0.4) is 0 Å². The molecule has 0 amide bonds. The van der Waals surface area contributed by atoms with Crippen molar-refractivity contribution in [2.45, 2.75) is 6.92 Å². The summed E-state index contributed by atoms with van der Waals surface area (Å²) >= 11 is 3.46. The summed E-state index contributed by atoms with van der Waals surface area (Å²) in [6.45, 7) is 1.98. The third-order valence-corrected chi connectivity index (χ3v) is 3.14. The maximum atomic E-state index is 12.8. The molecule has 1 N–H and O–H groups in total. The lowest BCUT2D eigenvalue weighted by molar-refractivity contribution is 0.580. The zero-order valence-corrected chi connectivity index (χ0v) is 10.1. The number of benzene rings is 1. The van der Waals surface area contributed by atoms with Gasteiger partial charge in [-0.05, 0) is 34.5 Å². The topological polar surface area (TPSA) is 37.8 Å². The minimum atomic E-state index is -0.554. The molecule has 2 aromatic rings. The van der Waals surface area contributed by atoms with Crippen LogP contribution in [0, 0.1) is 12.9 Å². The van der Waals surface area contributed by atoms with Gasteiger partial charge in [0.2, 0.25) is 5.95 Å². The summed E-state index contributed by atoms with van der Waals surface area (Å²) in [5.74, 6) is -0.125. The average molecular weight is 282 g/mol. The first-order valence-corrected chi connectivity index (χ1v) is 5.46. The Morgan fingerprint density at radius 3 is 2.88 bits per heavy atom. The third-order valence-electron chi connectivity index (χ3n) is 2.09. The fraction of sp³-hybridized carbons (Fsp3) is 0.0909. The van der Waals surface area contributed by atoms with Crippen LogP contribution in [0.2, 0.25) is 0 Å². The smallest absolute Gasteiger partial charge is 0.218 e. The van der Waals surface area contributed by atoms with Gasteiger partial charge >= 0.3 is 0 Å². The van der Waals surface area contributed by atoms with Crippen LogP contribution in [0.4, 0.5) is 15.9 Å². The Hall–Kier alpha value is -1.49. The van der Waals surface area contributed by atoms with Crippen molar-refractivity contribution in [1.29, 1.82) is 0 Å². The highest BCUT2D eigenvalue weighted by atomic mass is 79.9. The van der Waals surface area contributed by atoms with E-state index < -0.39 is 5.95 Å². The summed E-state index contributed by atoms with van der Waals surface area (Å²) in [6.07, 6.45) is 1.18. The van der Waals surface area contributed by atoms with Gasteiger partial charge in [0.1, 0.15) is 12.1 Å². The summed E-state index contributed by atoms with van der Waals surface area (Å²) in [5.41, 5.74) is 1.94. The molecule has 16 heavy (non-hydrogen) atoms. The fourth-order valence-electron chi connectivity index (χ4n) is 1.28. The number of aromatic nitrogens is 2. The van der Waals surface area contributed by atoms with Gasteiger partial charge in [0.05, 0.1) is 5.69 Å². The fourth-order valence-corrected chi connectivity index (χ4v) is 1.65. The third kappa shape index (κ3) is 2.36. The van der Waals surface area contributed by atoms with E-state index in [1.807, 2.05) is 25.1 Å². The average Bonchev–Trinajstić information content (AvgIpc) is 2.25. The Morgan fingerprint density at radius 2 is 2.12 bits per heavy atom. The van der Waals surface area contributed by atoms with Crippen molar-refractivity contribution in [2.24, 2.45) is 0 Å². The predicted molar refractivity (Wildman–Crippen MR) is 64.2 cm³/mol. The minimum absolute atomic E-state index is 0.429. The van der Waals surface area contributed by atoms with Crippen molar-refractivity contribution in [2.75, 3.05) is 5.32 Å². The summed E-state index contributed by atoms with van der Waals surface area (Å²) in [4.78, 5) is 7.31. The van der Waals surface area contributed by atoms with Crippen molar-refractivity contribution >= 4 is 27.4 Å². The minimum Gasteiger partial charge on any atom is -0.339 e. The van der Waals surface area contributed by atoms with Crippen LogP contribution in [-0.4, -0.2) is 9.97 Å². The van der Waals surface area contributed by atoms with Crippen LogP contribution < -0.4 is 5.32 Å². The Morgan fingerprint density at radius 1 is 1.31 bits per heavy atom. The first-order valence-electron chi connectivity index (χ1n) is 4.66. The van der Waals surface area contributed by atoms with Crippen LogP contribution in [0.1, 0.15) is 5.56 Å². The van der Waals surface area contributed by atoms with Crippen molar-refractivity contribution in [3.8, 4) is 0 Å². The Bertz CT molecular complexity index is 516. The molecule has 0 aliphatic heterocycles. The van der Waals surface area contributed by atoms with E-state index in [2.05, 4.69) is 31.2 Å². The van der Waals surface area contributed by atoms with Gasteiger partial charge in [0.15, 0.2) is 0 Å². The van der Waals surface area contributed by atoms with Gasteiger partial charge in [-0.15, -0.1) is 0 Å².